The van der Waals surface area contributed by atoms with Gasteiger partial charge in [0.1, 0.15) is 0 Å². The predicted molar refractivity (Wildman–Crippen MR) is 94.9 cm³/mol. The van der Waals surface area contributed by atoms with E-state index < -0.39 is 6.10 Å². The second-order valence-corrected chi connectivity index (χ2v) is 6.05. The van der Waals surface area contributed by atoms with E-state index in [1.54, 1.807) is 0 Å². The van der Waals surface area contributed by atoms with Crippen LogP contribution in [-0.4, -0.2) is 29.5 Å². The zero-order valence-corrected chi connectivity index (χ0v) is 12.8. The molecule has 4 aromatic rings. The van der Waals surface area contributed by atoms with Gasteiger partial charge in [-0.25, -0.2) is 0 Å². The molecule has 0 unspecified atom stereocenters. The lowest BCUT2D eigenvalue weighted by Crippen LogP contribution is -2.28. The van der Waals surface area contributed by atoms with Crippen LogP contribution < -0.4 is 5.32 Å². The van der Waals surface area contributed by atoms with Crippen LogP contribution in [0.3, 0.4) is 0 Å². The lowest BCUT2D eigenvalue weighted by molar-refractivity contribution is 0.0942. The molecule has 0 aliphatic heterocycles. The van der Waals surface area contributed by atoms with Crippen LogP contribution in [-0.2, 0) is 6.54 Å². The van der Waals surface area contributed by atoms with Gasteiger partial charge in [0.2, 0.25) is 0 Å². The molecule has 1 atom stereocenters. The molecule has 4 rings (SSSR count). The van der Waals surface area contributed by atoms with Gasteiger partial charge in [-0.3, -0.25) is 0 Å². The van der Waals surface area contributed by atoms with Crippen LogP contribution in [0.5, 0.6) is 0 Å². The first-order valence-electron chi connectivity index (χ1n) is 7.93. The smallest absolute Gasteiger partial charge is 0.0895 e. The Bertz CT molecular complexity index is 948. The van der Waals surface area contributed by atoms with Gasteiger partial charge < -0.3 is 15.5 Å². The Kier molecular flexibility index (Phi) is 3.62. The van der Waals surface area contributed by atoms with E-state index in [0.717, 1.165) is 0 Å². The minimum absolute atomic E-state index is 0.217. The number of hydrogen-bond acceptors (Lipinski definition) is 3. The molecule has 0 heterocycles. The van der Waals surface area contributed by atoms with Crippen LogP contribution in [0.1, 0.15) is 5.56 Å². The van der Waals surface area contributed by atoms with Crippen LogP contribution in [0.2, 0.25) is 0 Å². The van der Waals surface area contributed by atoms with Gasteiger partial charge in [0.15, 0.2) is 0 Å². The summed E-state index contributed by atoms with van der Waals surface area (Å²) in [5.74, 6) is 0. The first-order chi connectivity index (χ1) is 11.3. The molecule has 0 radical (unpaired) electrons. The third kappa shape index (κ3) is 2.43. The Hall–Kier alpha value is -2.20. The van der Waals surface area contributed by atoms with E-state index in [9.17, 15) is 5.11 Å². The first kappa shape index (κ1) is 14.4. The summed E-state index contributed by atoms with van der Waals surface area (Å²) in [6.45, 7) is 0.842. The molecular weight excluding hydrogens is 286 g/mol. The second kappa shape index (κ2) is 5.78. The zero-order valence-electron chi connectivity index (χ0n) is 12.8. The van der Waals surface area contributed by atoms with Crippen LogP contribution in [0.4, 0.5) is 0 Å². The number of aliphatic hydroxyl groups excluding tert-OH is 2. The Balaban J connectivity index is 1.83. The van der Waals surface area contributed by atoms with Crippen molar-refractivity contribution >= 4 is 32.3 Å². The van der Waals surface area contributed by atoms with E-state index in [0.29, 0.717) is 13.1 Å². The summed E-state index contributed by atoms with van der Waals surface area (Å²) in [5, 5.41) is 29.2. The monoisotopic (exact) mass is 305 g/mol. The van der Waals surface area contributed by atoms with Gasteiger partial charge in [-0.05, 0) is 37.9 Å². The van der Waals surface area contributed by atoms with E-state index >= 15 is 0 Å². The van der Waals surface area contributed by atoms with Gasteiger partial charge in [-0.1, -0.05) is 54.6 Å². The maximum absolute atomic E-state index is 9.46. The van der Waals surface area contributed by atoms with Crippen molar-refractivity contribution in [3.63, 3.8) is 0 Å². The fraction of sp³-hybridized carbons (Fsp3) is 0.200. The molecule has 0 fully saturated rings. The predicted octanol–water partition coefficient (Wildman–Crippen LogP) is 3.03. The number of hydrogen-bond donors (Lipinski definition) is 3. The average molecular weight is 305 g/mol. The molecular formula is C20H19NO2. The zero-order chi connectivity index (χ0) is 15.8. The molecule has 0 aliphatic rings. The molecule has 3 nitrogen and oxygen atoms in total. The van der Waals surface area contributed by atoms with E-state index in [-0.39, 0.29) is 6.61 Å². The van der Waals surface area contributed by atoms with Crippen molar-refractivity contribution in [3.8, 4) is 0 Å². The quantitative estimate of drug-likeness (QED) is 0.497. The minimum atomic E-state index is -0.713. The molecule has 0 aliphatic carbocycles. The van der Waals surface area contributed by atoms with E-state index in [2.05, 4.69) is 59.9 Å². The number of aliphatic hydroxyl groups is 2. The van der Waals surface area contributed by atoms with Crippen molar-refractivity contribution in [2.75, 3.05) is 13.2 Å². The van der Waals surface area contributed by atoms with Crippen molar-refractivity contribution < 1.29 is 10.2 Å². The van der Waals surface area contributed by atoms with E-state index in [4.69, 9.17) is 5.11 Å². The summed E-state index contributed by atoms with van der Waals surface area (Å²) in [6.07, 6.45) is -0.713. The Morgan fingerprint density at radius 3 is 2.22 bits per heavy atom. The van der Waals surface area contributed by atoms with Gasteiger partial charge >= 0.3 is 0 Å². The first-order valence-corrected chi connectivity index (χ1v) is 7.93. The van der Waals surface area contributed by atoms with Gasteiger partial charge in [0, 0.05) is 13.1 Å². The molecule has 3 heteroatoms. The second-order valence-electron chi connectivity index (χ2n) is 6.05. The van der Waals surface area contributed by atoms with Gasteiger partial charge in [0.25, 0.3) is 0 Å². The molecule has 23 heavy (non-hydrogen) atoms. The highest BCUT2D eigenvalue weighted by Gasteiger charge is 2.10. The van der Waals surface area contributed by atoms with Crippen molar-refractivity contribution in [1.82, 2.24) is 5.32 Å². The number of rotatable bonds is 5. The summed E-state index contributed by atoms with van der Waals surface area (Å²) in [6, 6.07) is 19.4. The Morgan fingerprint density at radius 1 is 0.826 bits per heavy atom. The normalized spacial score (nSPS) is 13.3. The summed E-state index contributed by atoms with van der Waals surface area (Å²) in [5.41, 5.74) is 1.21. The molecule has 0 bridgehead atoms. The minimum Gasteiger partial charge on any atom is -0.394 e. The average Bonchev–Trinajstić information content (AvgIpc) is 2.60. The standard InChI is InChI=1S/C20H19NO2/c22-12-17(23)11-21-10-16-7-6-15-5-4-13-2-1-3-14-8-9-18(16)20(15)19(13)14/h1-9,17,21-23H,10-12H2/t17-/m0/s1. The maximum Gasteiger partial charge on any atom is 0.0895 e. The van der Waals surface area contributed by atoms with Gasteiger partial charge in [0.05, 0.1) is 12.7 Å². The largest absolute Gasteiger partial charge is 0.394 e. The Morgan fingerprint density at radius 2 is 1.48 bits per heavy atom. The lowest BCUT2D eigenvalue weighted by Gasteiger charge is -2.15. The van der Waals surface area contributed by atoms with Crippen LogP contribution >= 0.6 is 0 Å². The number of nitrogens with one attached hydrogen (secondary N) is 1. The molecule has 0 saturated carbocycles. The van der Waals surface area contributed by atoms with Gasteiger partial charge in [-0.2, -0.15) is 0 Å². The molecule has 3 N–H and O–H groups in total. The fourth-order valence-electron chi connectivity index (χ4n) is 3.39. The molecule has 4 aromatic carbocycles. The summed E-state index contributed by atoms with van der Waals surface area (Å²) in [4.78, 5) is 0. The van der Waals surface area contributed by atoms with Crippen molar-refractivity contribution in [1.29, 1.82) is 0 Å². The molecule has 0 aromatic heterocycles. The van der Waals surface area contributed by atoms with Gasteiger partial charge in [-0.15, -0.1) is 0 Å². The van der Waals surface area contributed by atoms with E-state index in [1.165, 1.54) is 37.9 Å². The summed E-state index contributed by atoms with van der Waals surface area (Å²) < 4.78 is 0. The van der Waals surface area contributed by atoms with Crippen LogP contribution in [0.15, 0.2) is 54.6 Å². The molecule has 0 spiro atoms. The molecule has 0 saturated heterocycles. The highest BCUT2D eigenvalue weighted by molar-refractivity contribution is 6.23. The fourth-order valence-corrected chi connectivity index (χ4v) is 3.39. The van der Waals surface area contributed by atoms with E-state index in [1.807, 2.05) is 0 Å². The molecule has 116 valence electrons. The lowest BCUT2D eigenvalue weighted by atomic mass is 9.92. The van der Waals surface area contributed by atoms with Crippen molar-refractivity contribution in [2.45, 2.75) is 12.6 Å². The molecule has 0 amide bonds. The third-order valence-corrected chi connectivity index (χ3v) is 4.53. The topological polar surface area (TPSA) is 52.5 Å². The highest BCUT2D eigenvalue weighted by Crippen LogP contribution is 2.35. The van der Waals surface area contributed by atoms with Crippen molar-refractivity contribution in [2.24, 2.45) is 0 Å². The summed E-state index contributed by atoms with van der Waals surface area (Å²) in [7, 11) is 0. The third-order valence-electron chi connectivity index (χ3n) is 4.53. The van der Waals surface area contributed by atoms with Crippen LogP contribution in [0, 0.1) is 0 Å². The summed E-state index contributed by atoms with van der Waals surface area (Å²) >= 11 is 0. The van der Waals surface area contributed by atoms with Crippen LogP contribution in [0.25, 0.3) is 32.3 Å². The maximum atomic E-state index is 9.46. The Labute approximate surface area is 134 Å². The SMILES string of the molecule is OC[C@@H](O)CNCc1ccc2ccc3cccc4ccc1c2c34. The van der Waals surface area contributed by atoms with Crippen molar-refractivity contribution in [3.05, 3.63) is 60.2 Å². The highest BCUT2D eigenvalue weighted by atomic mass is 16.3. The number of benzene rings is 4.